The summed E-state index contributed by atoms with van der Waals surface area (Å²) >= 11 is 0. The molecule has 0 saturated carbocycles. The third-order valence-electron chi connectivity index (χ3n) is 4.81. The van der Waals surface area contributed by atoms with Crippen molar-refractivity contribution in [3.63, 3.8) is 0 Å². The van der Waals surface area contributed by atoms with Crippen LogP contribution in [-0.4, -0.2) is 60.9 Å². The Morgan fingerprint density at radius 1 is 1.18 bits per heavy atom. The molecule has 33 heavy (non-hydrogen) atoms. The summed E-state index contributed by atoms with van der Waals surface area (Å²) in [7, 11) is -3.91. The monoisotopic (exact) mass is 480 g/mol. The zero-order valence-corrected chi connectivity index (χ0v) is 21.2. The van der Waals surface area contributed by atoms with E-state index in [-0.39, 0.29) is 42.4 Å². The van der Waals surface area contributed by atoms with E-state index in [0.717, 1.165) is 0 Å². The molecule has 0 fully saturated rings. The van der Waals surface area contributed by atoms with Crippen LogP contribution in [0.2, 0.25) is 0 Å². The third kappa shape index (κ3) is 8.33. The SMILES string of the molecule is CCN(CCCN(C(=O)OC(C)(C)C)[C@@H](CC(C)C)C(N)=O)S(=O)(=O)c1ccccc1C#N. The number of carbonyl (C=O) groups excluding carboxylic acids is 2. The number of nitrogens with two attached hydrogens (primary N) is 1. The van der Waals surface area contributed by atoms with Crippen LogP contribution in [0.4, 0.5) is 4.79 Å². The van der Waals surface area contributed by atoms with Gasteiger partial charge >= 0.3 is 6.09 Å². The first-order valence-corrected chi connectivity index (χ1v) is 12.5. The van der Waals surface area contributed by atoms with E-state index in [1.807, 2.05) is 19.9 Å². The molecular weight excluding hydrogens is 444 g/mol. The van der Waals surface area contributed by atoms with Crippen molar-refractivity contribution in [2.75, 3.05) is 19.6 Å². The second-order valence-electron chi connectivity index (χ2n) is 9.18. The van der Waals surface area contributed by atoms with Gasteiger partial charge in [-0.2, -0.15) is 9.57 Å². The number of primary amides is 1. The van der Waals surface area contributed by atoms with Gasteiger partial charge in [-0.15, -0.1) is 0 Å². The van der Waals surface area contributed by atoms with Gasteiger partial charge in [0.15, 0.2) is 0 Å². The van der Waals surface area contributed by atoms with Gasteiger partial charge in [-0.1, -0.05) is 32.9 Å². The standard InChI is InChI=1S/C23H36N4O5S/c1-7-26(33(30,31)20-12-9-8-11-18(20)16-24)13-10-14-27(22(29)32-23(4,5)6)19(21(25)28)15-17(2)3/h8-9,11-12,17,19H,7,10,13-15H2,1-6H3,(H2,25,28)/t19-/m0/s1. The number of benzene rings is 1. The van der Waals surface area contributed by atoms with Crippen LogP contribution in [0.25, 0.3) is 0 Å². The first-order chi connectivity index (χ1) is 15.2. The molecule has 0 radical (unpaired) electrons. The van der Waals surface area contributed by atoms with E-state index >= 15 is 0 Å². The van der Waals surface area contributed by atoms with Crippen LogP contribution in [0, 0.1) is 17.2 Å². The Kier molecular flexibility index (Phi) is 10.3. The lowest BCUT2D eigenvalue weighted by Gasteiger charge is -2.33. The van der Waals surface area contributed by atoms with Gasteiger partial charge < -0.3 is 10.5 Å². The molecule has 1 aromatic rings. The average Bonchev–Trinajstić information content (AvgIpc) is 2.70. The predicted molar refractivity (Wildman–Crippen MR) is 126 cm³/mol. The maximum absolute atomic E-state index is 13.1. The number of nitrogens with zero attached hydrogens (tertiary/aromatic N) is 3. The van der Waals surface area contributed by atoms with Gasteiger partial charge in [0.2, 0.25) is 15.9 Å². The van der Waals surface area contributed by atoms with Gasteiger partial charge in [-0.25, -0.2) is 13.2 Å². The number of ether oxygens (including phenoxy) is 1. The number of rotatable bonds is 11. The fraction of sp³-hybridized carbons (Fsp3) is 0.609. The van der Waals surface area contributed by atoms with Crippen molar-refractivity contribution in [1.82, 2.24) is 9.21 Å². The van der Waals surface area contributed by atoms with E-state index in [1.165, 1.54) is 21.3 Å². The van der Waals surface area contributed by atoms with Crippen molar-refractivity contribution < 1.29 is 22.7 Å². The average molecular weight is 481 g/mol. The van der Waals surface area contributed by atoms with E-state index in [1.54, 1.807) is 39.8 Å². The Bertz CT molecular complexity index is 964. The minimum atomic E-state index is -3.91. The molecule has 1 aromatic carbocycles. The Morgan fingerprint density at radius 3 is 2.27 bits per heavy atom. The Labute approximate surface area is 197 Å². The van der Waals surface area contributed by atoms with Crippen molar-refractivity contribution >= 4 is 22.0 Å². The fourth-order valence-corrected chi connectivity index (χ4v) is 4.96. The van der Waals surface area contributed by atoms with Crippen LogP contribution >= 0.6 is 0 Å². The van der Waals surface area contributed by atoms with Gasteiger partial charge in [0.25, 0.3) is 0 Å². The summed E-state index contributed by atoms with van der Waals surface area (Å²) in [5.41, 5.74) is 4.90. The highest BCUT2D eigenvalue weighted by molar-refractivity contribution is 7.89. The molecule has 0 aliphatic rings. The quantitative estimate of drug-likeness (QED) is 0.517. The fourth-order valence-electron chi connectivity index (χ4n) is 3.33. The lowest BCUT2D eigenvalue weighted by Crippen LogP contribution is -2.51. The van der Waals surface area contributed by atoms with E-state index < -0.39 is 33.7 Å². The zero-order chi connectivity index (χ0) is 25.4. The van der Waals surface area contributed by atoms with Crippen LogP contribution in [0.1, 0.15) is 59.9 Å². The molecule has 9 nitrogen and oxygen atoms in total. The van der Waals surface area contributed by atoms with Gasteiger partial charge in [0, 0.05) is 19.6 Å². The summed E-state index contributed by atoms with van der Waals surface area (Å²) in [6.07, 6.45) is -0.0595. The second-order valence-corrected chi connectivity index (χ2v) is 11.1. The number of amides is 2. The summed E-state index contributed by atoms with van der Waals surface area (Å²) in [6, 6.07) is 7.06. The summed E-state index contributed by atoms with van der Waals surface area (Å²) < 4.78 is 33.0. The van der Waals surface area contributed by atoms with Gasteiger partial charge in [0.05, 0.1) is 10.5 Å². The molecule has 2 amide bonds. The predicted octanol–water partition coefficient (Wildman–Crippen LogP) is 3.10. The Morgan fingerprint density at radius 2 is 1.79 bits per heavy atom. The molecule has 0 aromatic heterocycles. The molecule has 0 bridgehead atoms. The molecule has 0 unspecified atom stereocenters. The summed E-state index contributed by atoms with van der Waals surface area (Å²) in [6.45, 7) is 11.1. The zero-order valence-electron chi connectivity index (χ0n) is 20.4. The van der Waals surface area contributed by atoms with Gasteiger partial charge in [-0.05, 0) is 51.7 Å². The molecule has 0 aliphatic heterocycles. The van der Waals surface area contributed by atoms with E-state index in [4.69, 9.17) is 10.5 Å². The van der Waals surface area contributed by atoms with Crippen molar-refractivity contribution in [3.8, 4) is 6.07 Å². The Hall–Kier alpha value is -2.64. The maximum Gasteiger partial charge on any atom is 0.410 e. The molecule has 2 N–H and O–H groups in total. The lowest BCUT2D eigenvalue weighted by molar-refractivity contribution is -0.123. The van der Waals surface area contributed by atoms with Crippen molar-refractivity contribution in [1.29, 1.82) is 5.26 Å². The highest BCUT2D eigenvalue weighted by Gasteiger charge is 2.33. The molecule has 1 atom stereocenters. The molecule has 1 rings (SSSR count). The number of nitriles is 1. The number of hydrogen-bond donors (Lipinski definition) is 1. The second kappa shape index (κ2) is 12.0. The van der Waals surface area contributed by atoms with Gasteiger partial charge in [0.1, 0.15) is 17.7 Å². The first-order valence-electron chi connectivity index (χ1n) is 11.0. The minimum absolute atomic E-state index is 0.0619. The van der Waals surface area contributed by atoms with Crippen LogP contribution in [0.15, 0.2) is 29.2 Å². The van der Waals surface area contributed by atoms with Crippen LogP contribution < -0.4 is 5.73 Å². The van der Waals surface area contributed by atoms with Crippen molar-refractivity contribution in [2.24, 2.45) is 11.7 Å². The summed E-state index contributed by atoms with van der Waals surface area (Å²) in [4.78, 5) is 26.2. The third-order valence-corrected chi connectivity index (χ3v) is 6.84. The smallest absolute Gasteiger partial charge is 0.410 e. The number of sulfonamides is 1. The van der Waals surface area contributed by atoms with E-state index in [9.17, 15) is 23.3 Å². The summed E-state index contributed by atoms with van der Waals surface area (Å²) in [5.74, 6) is -0.542. The topological polar surface area (TPSA) is 134 Å². The first kappa shape index (κ1) is 28.4. The van der Waals surface area contributed by atoms with Crippen LogP contribution in [-0.2, 0) is 19.6 Å². The van der Waals surface area contributed by atoms with Gasteiger partial charge in [-0.3, -0.25) is 9.69 Å². The maximum atomic E-state index is 13.1. The van der Waals surface area contributed by atoms with Crippen LogP contribution in [0.5, 0.6) is 0 Å². The largest absolute Gasteiger partial charge is 0.444 e. The highest BCUT2D eigenvalue weighted by Crippen LogP contribution is 2.21. The van der Waals surface area contributed by atoms with Crippen molar-refractivity contribution in [2.45, 2.75) is 70.9 Å². The molecule has 0 aliphatic carbocycles. The van der Waals surface area contributed by atoms with Crippen LogP contribution in [0.3, 0.4) is 0 Å². The number of carbonyl (C=O) groups is 2. The molecule has 0 saturated heterocycles. The number of hydrogen-bond acceptors (Lipinski definition) is 6. The molecular formula is C23H36N4O5S. The highest BCUT2D eigenvalue weighted by atomic mass is 32.2. The molecule has 184 valence electrons. The normalized spacial score (nSPS) is 12.9. The van der Waals surface area contributed by atoms with Crippen molar-refractivity contribution in [3.05, 3.63) is 29.8 Å². The Balaban J connectivity index is 3.10. The molecule has 0 heterocycles. The lowest BCUT2D eigenvalue weighted by atomic mass is 10.0. The molecule has 10 heteroatoms. The van der Waals surface area contributed by atoms with E-state index in [2.05, 4.69) is 0 Å². The van der Waals surface area contributed by atoms with E-state index in [0.29, 0.717) is 6.42 Å². The minimum Gasteiger partial charge on any atom is -0.444 e. The summed E-state index contributed by atoms with van der Waals surface area (Å²) in [5, 5.41) is 9.29. The molecule has 0 spiro atoms.